The van der Waals surface area contributed by atoms with Gasteiger partial charge in [0.25, 0.3) is 0 Å². The number of unbranched alkanes of at least 4 members (excludes halogenated alkanes) is 2. The fourth-order valence-corrected chi connectivity index (χ4v) is 0.824. The number of hydrogen-bond acceptors (Lipinski definition) is 3. The predicted octanol–water partition coefficient (Wildman–Crippen LogP) is -0.0884. The second kappa shape index (κ2) is 8.49. The molecule has 1 amide bonds. The van der Waals surface area contributed by atoms with Crippen LogP contribution in [0.2, 0.25) is 0 Å². The topological polar surface area (TPSA) is 58.6 Å². The summed E-state index contributed by atoms with van der Waals surface area (Å²) < 4.78 is 4.63. The molecule has 0 aromatic carbocycles. The fourth-order valence-electron chi connectivity index (χ4n) is 0.824. The Morgan fingerprint density at radius 2 is 2.17 bits per heavy atom. The smallest absolute Gasteiger partial charge is 0.245 e. The molecule has 0 fully saturated rings. The highest BCUT2D eigenvalue weighted by Crippen LogP contribution is 1.91. The van der Waals surface area contributed by atoms with E-state index < -0.39 is 0 Å². The number of methoxy groups -OCH3 is 1. The SMILES string of the molecule is COCC(=O)NCCCCCO. The van der Waals surface area contributed by atoms with Crippen LogP contribution in [0.25, 0.3) is 0 Å². The van der Waals surface area contributed by atoms with Gasteiger partial charge in [-0.1, -0.05) is 0 Å². The monoisotopic (exact) mass is 175 g/mol. The molecule has 0 spiro atoms. The van der Waals surface area contributed by atoms with Crippen molar-refractivity contribution in [1.82, 2.24) is 5.32 Å². The van der Waals surface area contributed by atoms with Gasteiger partial charge in [-0.25, -0.2) is 0 Å². The van der Waals surface area contributed by atoms with Crippen molar-refractivity contribution in [3.8, 4) is 0 Å². The summed E-state index contributed by atoms with van der Waals surface area (Å²) >= 11 is 0. The van der Waals surface area contributed by atoms with Crippen LogP contribution in [0, 0.1) is 0 Å². The number of ether oxygens (including phenoxy) is 1. The Balaban J connectivity index is 3.03. The number of amides is 1. The Morgan fingerprint density at radius 1 is 1.42 bits per heavy atom. The zero-order valence-electron chi connectivity index (χ0n) is 7.51. The summed E-state index contributed by atoms with van der Waals surface area (Å²) in [7, 11) is 1.49. The number of aliphatic hydroxyl groups excluding tert-OH is 1. The van der Waals surface area contributed by atoms with Gasteiger partial charge in [0.15, 0.2) is 0 Å². The van der Waals surface area contributed by atoms with Crippen LogP contribution >= 0.6 is 0 Å². The zero-order chi connectivity index (χ0) is 9.23. The molecule has 12 heavy (non-hydrogen) atoms. The molecule has 0 unspecified atom stereocenters. The third-order valence-corrected chi connectivity index (χ3v) is 1.43. The molecule has 0 heterocycles. The summed E-state index contributed by atoms with van der Waals surface area (Å²) in [5.74, 6) is -0.0819. The van der Waals surface area contributed by atoms with Crippen molar-refractivity contribution in [3.05, 3.63) is 0 Å². The van der Waals surface area contributed by atoms with Crippen LogP contribution in [-0.2, 0) is 9.53 Å². The molecule has 0 rings (SSSR count). The fraction of sp³-hybridized carbons (Fsp3) is 0.875. The van der Waals surface area contributed by atoms with Crippen LogP contribution in [0.15, 0.2) is 0 Å². The maximum absolute atomic E-state index is 10.8. The molecular weight excluding hydrogens is 158 g/mol. The summed E-state index contributed by atoms with van der Waals surface area (Å²) in [4.78, 5) is 10.8. The van der Waals surface area contributed by atoms with E-state index in [1.54, 1.807) is 0 Å². The van der Waals surface area contributed by atoms with E-state index >= 15 is 0 Å². The van der Waals surface area contributed by atoms with Crippen molar-refractivity contribution in [2.24, 2.45) is 0 Å². The lowest BCUT2D eigenvalue weighted by molar-refractivity contribution is -0.124. The molecular formula is C8H17NO3. The number of rotatable bonds is 7. The highest BCUT2D eigenvalue weighted by molar-refractivity contribution is 5.77. The van der Waals surface area contributed by atoms with Crippen LogP contribution in [0.3, 0.4) is 0 Å². The largest absolute Gasteiger partial charge is 0.396 e. The molecule has 0 aliphatic heterocycles. The lowest BCUT2D eigenvalue weighted by Crippen LogP contribution is -2.27. The minimum Gasteiger partial charge on any atom is -0.396 e. The minimum atomic E-state index is -0.0819. The first kappa shape index (κ1) is 11.4. The number of carbonyl (C=O) groups excluding carboxylic acids is 1. The van der Waals surface area contributed by atoms with Gasteiger partial charge in [-0.3, -0.25) is 4.79 Å². The molecule has 0 aliphatic carbocycles. The van der Waals surface area contributed by atoms with Crippen LogP contribution in [0.5, 0.6) is 0 Å². The molecule has 0 atom stereocenters. The summed E-state index contributed by atoms with van der Waals surface area (Å²) in [5.41, 5.74) is 0. The van der Waals surface area contributed by atoms with Crippen LogP contribution in [0.4, 0.5) is 0 Å². The highest BCUT2D eigenvalue weighted by Gasteiger charge is 1.97. The van der Waals surface area contributed by atoms with Crippen molar-refractivity contribution in [2.75, 3.05) is 26.9 Å². The van der Waals surface area contributed by atoms with E-state index in [-0.39, 0.29) is 19.1 Å². The molecule has 0 saturated carbocycles. The maximum Gasteiger partial charge on any atom is 0.245 e. The normalized spacial score (nSPS) is 9.83. The summed E-state index contributed by atoms with van der Waals surface area (Å²) in [6, 6.07) is 0. The van der Waals surface area contributed by atoms with Gasteiger partial charge in [-0.2, -0.15) is 0 Å². The average Bonchev–Trinajstić information content (AvgIpc) is 2.05. The molecule has 4 heteroatoms. The first-order chi connectivity index (χ1) is 5.81. The first-order valence-corrected chi connectivity index (χ1v) is 4.17. The quantitative estimate of drug-likeness (QED) is 0.532. The molecule has 0 saturated heterocycles. The van der Waals surface area contributed by atoms with Crippen LogP contribution in [-0.4, -0.2) is 37.9 Å². The maximum atomic E-state index is 10.8. The lowest BCUT2D eigenvalue weighted by atomic mass is 10.2. The lowest BCUT2D eigenvalue weighted by Gasteiger charge is -2.02. The number of nitrogens with one attached hydrogen (secondary N) is 1. The van der Waals surface area contributed by atoms with Gasteiger partial charge >= 0.3 is 0 Å². The molecule has 4 nitrogen and oxygen atoms in total. The summed E-state index contributed by atoms with van der Waals surface area (Å²) in [6.07, 6.45) is 2.67. The Labute approximate surface area is 72.9 Å². The number of hydrogen-bond donors (Lipinski definition) is 2. The van der Waals surface area contributed by atoms with Crippen molar-refractivity contribution in [1.29, 1.82) is 0 Å². The van der Waals surface area contributed by atoms with Crippen LogP contribution in [0.1, 0.15) is 19.3 Å². The Hall–Kier alpha value is -0.610. The van der Waals surface area contributed by atoms with E-state index in [0.29, 0.717) is 6.54 Å². The Morgan fingerprint density at radius 3 is 2.75 bits per heavy atom. The average molecular weight is 175 g/mol. The van der Waals surface area contributed by atoms with Crippen molar-refractivity contribution in [3.63, 3.8) is 0 Å². The molecule has 0 aliphatic rings. The van der Waals surface area contributed by atoms with Gasteiger partial charge < -0.3 is 15.2 Å². The second-order valence-electron chi connectivity index (χ2n) is 2.57. The Kier molecular flexibility index (Phi) is 8.05. The van der Waals surface area contributed by atoms with E-state index in [1.165, 1.54) is 7.11 Å². The third-order valence-electron chi connectivity index (χ3n) is 1.43. The van der Waals surface area contributed by atoms with Crippen molar-refractivity contribution < 1.29 is 14.6 Å². The van der Waals surface area contributed by atoms with E-state index in [0.717, 1.165) is 19.3 Å². The van der Waals surface area contributed by atoms with Crippen LogP contribution < -0.4 is 5.32 Å². The van der Waals surface area contributed by atoms with Crippen molar-refractivity contribution in [2.45, 2.75) is 19.3 Å². The van der Waals surface area contributed by atoms with Crippen molar-refractivity contribution >= 4 is 5.91 Å². The molecule has 0 bridgehead atoms. The molecule has 0 aromatic heterocycles. The minimum absolute atomic E-state index is 0.0819. The van der Waals surface area contributed by atoms with Gasteiger partial charge in [0.05, 0.1) is 0 Å². The van der Waals surface area contributed by atoms with Gasteiger partial charge in [0, 0.05) is 20.3 Å². The molecule has 2 N–H and O–H groups in total. The third kappa shape index (κ3) is 7.50. The standard InChI is InChI=1S/C8H17NO3/c1-12-7-8(11)9-5-3-2-4-6-10/h10H,2-7H2,1H3,(H,9,11). The van der Waals surface area contributed by atoms with E-state index in [4.69, 9.17) is 5.11 Å². The molecule has 0 aromatic rings. The summed E-state index contributed by atoms with van der Waals surface area (Å²) in [5, 5.41) is 11.1. The van der Waals surface area contributed by atoms with E-state index in [9.17, 15) is 4.79 Å². The van der Waals surface area contributed by atoms with E-state index in [2.05, 4.69) is 10.1 Å². The molecule has 72 valence electrons. The first-order valence-electron chi connectivity index (χ1n) is 4.17. The van der Waals surface area contributed by atoms with Gasteiger partial charge in [-0.15, -0.1) is 0 Å². The zero-order valence-corrected chi connectivity index (χ0v) is 7.51. The predicted molar refractivity (Wildman–Crippen MR) is 45.8 cm³/mol. The number of aliphatic hydroxyl groups is 1. The number of carbonyl (C=O) groups is 1. The second-order valence-corrected chi connectivity index (χ2v) is 2.57. The van der Waals surface area contributed by atoms with E-state index in [1.807, 2.05) is 0 Å². The Bertz CT molecular complexity index is 117. The molecule has 0 radical (unpaired) electrons. The van der Waals surface area contributed by atoms with Gasteiger partial charge in [0.1, 0.15) is 6.61 Å². The van der Waals surface area contributed by atoms with Gasteiger partial charge in [-0.05, 0) is 19.3 Å². The highest BCUT2D eigenvalue weighted by atomic mass is 16.5. The van der Waals surface area contributed by atoms with Gasteiger partial charge in [0.2, 0.25) is 5.91 Å². The summed E-state index contributed by atoms with van der Waals surface area (Å²) in [6.45, 7) is 1.02.